The van der Waals surface area contributed by atoms with Gasteiger partial charge in [0.2, 0.25) is 0 Å². The third kappa shape index (κ3) is 5.97. The lowest BCUT2D eigenvalue weighted by Crippen LogP contribution is -2.40. The summed E-state index contributed by atoms with van der Waals surface area (Å²) in [5, 5.41) is 5.45. The summed E-state index contributed by atoms with van der Waals surface area (Å²) in [5.74, 6) is 0.754. The summed E-state index contributed by atoms with van der Waals surface area (Å²) in [7, 11) is 0. The molecule has 0 aromatic heterocycles. The van der Waals surface area contributed by atoms with E-state index in [9.17, 15) is 18.0 Å². The number of hydrogen-bond donors (Lipinski definition) is 2. The van der Waals surface area contributed by atoms with Crippen molar-refractivity contribution in [3.63, 3.8) is 0 Å². The Bertz CT molecular complexity index is 523. The number of alkyl halides is 3. The summed E-state index contributed by atoms with van der Waals surface area (Å²) >= 11 is 0. The molecule has 0 saturated carbocycles. The smallest absolute Gasteiger partial charge is 0.411 e. The Balaban J connectivity index is 1.66. The van der Waals surface area contributed by atoms with Gasteiger partial charge in [0.25, 0.3) is 0 Å². The predicted molar refractivity (Wildman–Crippen MR) is 77.3 cm³/mol. The van der Waals surface area contributed by atoms with Crippen molar-refractivity contribution in [3.8, 4) is 5.75 Å². The van der Waals surface area contributed by atoms with Crippen LogP contribution in [-0.2, 0) is 4.74 Å². The Labute approximate surface area is 132 Å². The molecule has 23 heavy (non-hydrogen) atoms. The maximum Gasteiger partial charge on any atom is 0.411 e. The van der Waals surface area contributed by atoms with Crippen LogP contribution >= 0.6 is 0 Å². The molecule has 1 heterocycles. The fourth-order valence-electron chi connectivity index (χ4n) is 2.27. The van der Waals surface area contributed by atoms with Crippen LogP contribution in [0.4, 0.5) is 18.0 Å². The Morgan fingerprint density at radius 3 is 2.91 bits per heavy atom. The number of amides is 2. The summed E-state index contributed by atoms with van der Waals surface area (Å²) < 4.78 is 45.6. The molecule has 0 aliphatic carbocycles. The third-order valence-corrected chi connectivity index (χ3v) is 3.28. The van der Waals surface area contributed by atoms with Gasteiger partial charge < -0.3 is 20.1 Å². The average Bonchev–Trinajstić information content (AvgIpc) is 2.50. The largest absolute Gasteiger partial charge is 0.493 e. The normalized spacial score (nSPS) is 17.1. The van der Waals surface area contributed by atoms with Crippen LogP contribution in [0.15, 0.2) is 24.3 Å². The van der Waals surface area contributed by atoms with Crippen LogP contribution in [0.3, 0.4) is 0 Å². The molecular weight excluding hydrogens is 313 g/mol. The van der Waals surface area contributed by atoms with Crippen LogP contribution in [0, 0.1) is 0 Å². The number of para-hydroxylation sites is 1. The zero-order valence-corrected chi connectivity index (χ0v) is 12.5. The lowest BCUT2D eigenvalue weighted by atomic mass is 10.0. The van der Waals surface area contributed by atoms with E-state index in [2.05, 4.69) is 15.4 Å². The molecule has 0 spiro atoms. The summed E-state index contributed by atoms with van der Waals surface area (Å²) in [4.78, 5) is 11.8. The van der Waals surface area contributed by atoms with Gasteiger partial charge >= 0.3 is 12.2 Å². The highest BCUT2D eigenvalue weighted by molar-refractivity contribution is 5.74. The van der Waals surface area contributed by atoms with Crippen molar-refractivity contribution in [2.24, 2.45) is 0 Å². The quantitative estimate of drug-likeness (QED) is 0.788. The molecule has 128 valence electrons. The number of benzene rings is 1. The lowest BCUT2D eigenvalue weighted by Gasteiger charge is -2.26. The number of hydrogen-bond acceptors (Lipinski definition) is 3. The molecule has 2 rings (SSSR count). The number of ether oxygens (including phenoxy) is 2. The Morgan fingerprint density at radius 2 is 2.13 bits per heavy atom. The lowest BCUT2D eigenvalue weighted by molar-refractivity contribution is -0.173. The van der Waals surface area contributed by atoms with Crippen molar-refractivity contribution in [3.05, 3.63) is 29.8 Å². The van der Waals surface area contributed by atoms with Crippen LogP contribution in [0.5, 0.6) is 5.75 Å². The van der Waals surface area contributed by atoms with Gasteiger partial charge in [0.15, 0.2) is 0 Å². The predicted octanol–water partition coefficient (Wildman–Crippen LogP) is 2.78. The first kappa shape index (κ1) is 17.4. The number of fused-ring (bicyclic) bond motifs is 1. The molecule has 1 aromatic carbocycles. The minimum Gasteiger partial charge on any atom is -0.493 e. The number of urea groups is 1. The Hall–Kier alpha value is -1.96. The van der Waals surface area contributed by atoms with Gasteiger partial charge in [0.05, 0.1) is 12.6 Å². The van der Waals surface area contributed by atoms with Gasteiger partial charge in [-0.15, -0.1) is 0 Å². The van der Waals surface area contributed by atoms with Crippen molar-refractivity contribution in [2.75, 3.05) is 26.4 Å². The molecule has 1 aliphatic rings. The average molecular weight is 332 g/mol. The highest BCUT2D eigenvalue weighted by Gasteiger charge is 2.27. The Kier molecular flexibility index (Phi) is 6.09. The van der Waals surface area contributed by atoms with Crippen LogP contribution in [0.25, 0.3) is 0 Å². The minimum absolute atomic E-state index is 0.0557. The maximum atomic E-state index is 11.9. The number of carbonyl (C=O) groups excluding carboxylic acids is 1. The summed E-state index contributed by atoms with van der Waals surface area (Å²) in [5.41, 5.74) is 0.919. The van der Waals surface area contributed by atoms with Gasteiger partial charge in [-0.25, -0.2) is 4.79 Å². The van der Waals surface area contributed by atoms with Gasteiger partial charge in [-0.1, -0.05) is 18.2 Å². The van der Waals surface area contributed by atoms with E-state index in [0.717, 1.165) is 11.3 Å². The minimum atomic E-state index is -4.32. The molecule has 0 saturated heterocycles. The topological polar surface area (TPSA) is 59.6 Å². The van der Waals surface area contributed by atoms with Crippen LogP contribution < -0.4 is 15.4 Å². The molecule has 1 atom stereocenters. The van der Waals surface area contributed by atoms with Gasteiger partial charge in [0, 0.05) is 25.1 Å². The zero-order chi connectivity index (χ0) is 16.7. The SMILES string of the molecule is O=C(NCCCOCC(F)(F)F)N[C@H]1CCOc2ccccc21. The van der Waals surface area contributed by atoms with E-state index < -0.39 is 12.8 Å². The monoisotopic (exact) mass is 332 g/mol. The number of nitrogens with one attached hydrogen (secondary N) is 2. The zero-order valence-electron chi connectivity index (χ0n) is 12.5. The second-order valence-corrected chi connectivity index (χ2v) is 5.15. The number of halogens is 3. The van der Waals surface area contributed by atoms with Gasteiger partial charge in [-0.2, -0.15) is 13.2 Å². The molecular formula is C15H19F3N2O3. The van der Waals surface area contributed by atoms with Crippen molar-refractivity contribution in [2.45, 2.75) is 25.1 Å². The first-order valence-electron chi connectivity index (χ1n) is 7.36. The second kappa shape index (κ2) is 8.05. The maximum absolute atomic E-state index is 11.9. The molecule has 0 fully saturated rings. The number of carbonyl (C=O) groups is 1. The van der Waals surface area contributed by atoms with E-state index in [0.29, 0.717) is 19.4 Å². The highest BCUT2D eigenvalue weighted by Crippen LogP contribution is 2.31. The molecule has 5 nitrogen and oxygen atoms in total. The highest BCUT2D eigenvalue weighted by atomic mass is 19.4. The summed E-state index contributed by atoms with van der Waals surface area (Å²) in [6.45, 7) is -0.556. The first-order chi connectivity index (χ1) is 11.0. The fraction of sp³-hybridized carbons (Fsp3) is 0.533. The first-order valence-corrected chi connectivity index (χ1v) is 7.36. The fourth-order valence-corrected chi connectivity index (χ4v) is 2.27. The number of rotatable bonds is 6. The van der Waals surface area contributed by atoms with Crippen LogP contribution in [0.1, 0.15) is 24.4 Å². The van der Waals surface area contributed by atoms with E-state index in [-0.39, 0.29) is 25.2 Å². The van der Waals surface area contributed by atoms with Crippen molar-refractivity contribution in [1.29, 1.82) is 0 Å². The standard InChI is InChI=1S/C15H19F3N2O3/c16-15(17,18)10-22-8-3-7-19-14(21)20-12-6-9-23-13-5-2-1-4-11(12)13/h1-2,4-5,12H,3,6-10H2,(H2,19,20,21)/t12-/m0/s1. The molecule has 8 heteroatoms. The van der Waals surface area contributed by atoms with Crippen molar-refractivity contribution in [1.82, 2.24) is 10.6 Å². The molecule has 0 unspecified atom stereocenters. The van der Waals surface area contributed by atoms with Crippen molar-refractivity contribution >= 4 is 6.03 Å². The molecule has 1 aliphatic heterocycles. The van der Waals surface area contributed by atoms with E-state index in [1.807, 2.05) is 24.3 Å². The summed E-state index contributed by atoms with van der Waals surface area (Å²) in [6, 6.07) is 6.98. The van der Waals surface area contributed by atoms with E-state index >= 15 is 0 Å². The molecule has 0 bridgehead atoms. The molecule has 1 aromatic rings. The van der Waals surface area contributed by atoms with Crippen molar-refractivity contribution < 1.29 is 27.4 Å². The summed E-state index contributed by atoms with van der Waals surface area (Å²) in [6.07, 6.45) is -3.34. The van der Waals surface area contributed by atoms with Crippen LogP contribution in [-0.4, -0.2) is 38.6 Å². The third-order valence-electron chi connectivity index (χ3n) is 3.28. The van der Waals surface area contributed by atoms with E-state index in [4.69, 9.17) is 4.74 Å². The molecule has 2 N–H and O–H groups in total. The second-order valence-electron chi connectivity index (χ2n) is 5.15. The van der Waals surface area contributed by atoms with Gasteiger partial charge in [-0.3, -0.25) is 0 Å². The van der Waals surface area contributed by atoms with E-state index in [1.54, 1.807) is 0 Å². The van der Waals surface area contributed by atoms with E-state index in [1.165, 1.54) is 0 Å². The molecule has 2 amide bonds. The molecule has 0 radical (unpaired) electrons. The van der Waals surface area contributed by atoms with Gasteiger partial charge in [-0.05, 0) is 12.5 Å². The Morgan fingerprint density at radius 1 is 1.35 bits per heavy atom. The van der Waals surface area contributed by atoms with Crippen LogP contribution in [0.2, 0.25) is 0 Å². The van der Waals surface area contributed by atoms with Gasteiger partial charge in [0.1, 0.15) is 12.4 Å².